The van der Waals surface area contributed by atoms with Gasteiger partial charge in [-0.15, -0.1) is 0 Å². The van der Waals surface area contributed by atoms with Crippen LogP contribution in [0.3, 0.4) is 0 Å². The summed E-state index contributed by atoms with van der Waals surface area (Å²) in [6.07, 6.45) is -0.451. The van der Waals surface area contributed by atoms with Gasteiger partial charge < -0.3 is 19.5 Å². The molecule has 0 unspecified atom stereocenters. The van der Waals surface area contributed by atoms with Crippen LogP contribution >= 0.6 is 11.6 Å². The summed E-state index contributed by atoms with van der Waals surface area (Å²) < 4.78 is 16.2. The van der Waals surface area contributed by atoms with Gasteiger partial charge in [-0.2, -0.15) is 0 Å². The summed E-state index contributed by atoms with van der Waals surface area (Å²) in [5.74, 6) is 0.0839. The molecule has 0 fully saturated rings. The molecule has 7 heteroatoms. The molecule has 0 aliphatic carbocycles. The Morgan fingerprint density at radius 2 is 2.07 bits per heavy atom. The lowest BCUT2D eigenvalue weighted by atomic mass is 9.97. The first-order valence-corrected chi connectivity index (χ1v) is 9.37. The van der Waals surface area contributed by atoms with E-state index in [1.165, 1.54) is 0 Å². The summed E-state index contributed by atoms with van der Waals surface area (Å²) in [6.45, 7) is 2.04. The lowest BCUT2D eigenvalue weighted by Crippen LogP contribution is -2.38. The number of esters is 1. The molecule has 1 N–H and O–H groups in total. The van der Waals surface area contributed by atoms with E-state index in [4.69, 9.17) is 25.8 Å². The summed E-state index contributed by atoms with van der Waals surface area (Å²) in [5, 5.41) is 3.34. The maximum Gasteiger partial charge on any atom is 0.313 e. The molecule has 0 saturated heterocycles. The topological polar surface area (TPSA) is 73.9 Å². The highest BCUT2D eigenvalue weighted by molar-refractivity contribution is 6.30. The molecule has 0 bridgehead atoms. The van der Waals surface area contributed by atoms with Crippen molar-refractivity contribution in [2.45, 2.75) is 26.0 Å². The first kappa shape index (κ1) is 20.0. The Bertz CT molecular complexity index is 870. The van der Waals surface area contributed by atoms with Crippen LogP contribution in [0.5, 0.6) is 11.5 Å². The number of rotatable bonds is 6. The molecule has 2 aromatic rings. The smallest absolute Gasteiger partial charge is 0.313 e. The molecule has 1 heterocycles. The molecule has 0 spiro atoms. The second kappa shape index (κ2) is 8.97. The molecule has 148 valence electrons. The zero-order valence-corrected chi connectivity index (χ0v) is 16.5. The van der Waals surface area contributed by atoms with Gasteiger partial charge in [0.2, 0.25) is 0 Å². The van der Waals surface area contributed by atoms with Gasteiger partial charge in [-0.25, -0.2) is 0 Å². The van der Waals surface area contributed by atoms with Crippen molar-refractivity contribution in [2.75, 3.05) is 13.7 Å². The minimum atomic E-state index is -0.914. The van der Waals surface area contributed by atoms with Crippen LogP contribution in [0.2, 0.25) is 5.02 Å². The second-order valence-corrected chi connectivity index (χ2v) is 7.01. The molecular formula is C21H22ClNO5. The lowest BCUT2D eigenvalue weighted by molar-refractivity contribution is -0.160. The number of benzene rings is 2. The van der Waals surface area contributed by atoms with Gasteiger partial charge in [0.1, 0.15) is 18.1 Å². The monoisotopic (exact) mass is 403 g/mol. The average molecular weight is 404 g/mol. The molecule has 0 radical (unpaired) electrons. The van der Waals surface area contributed by atoms with Crippen molar-refractivity contribution in [2.24, 2.45) is 5.92 Å². The molecule has 1 aliphatic rings. The maximum atomic E-state index is 12.4. The lowest BCUT2D eigenvalue weighted by Gasteiger charge is -2.25. The van der Waals surface area contributed by atoms with Crippen LogP contribution in [0.1, 0.15) is 18.1 Å². The average Bonchev–Trinajstić information content (AvgIpc) is 2.71. The summed E-state index contributed by atoms with van der Waals surface area (Å²) in [7, 11) is 1.57. The summed E-state index contributed by atoms with van der Waals surface area (Å²) >= 11 is 6.00. The highest BCUT2D eigenvalue weighted by Gasteiger charge is 2.30. The molecule has 0 saturated carbocycles. The highest BCUT2D eigenvalue weighted by atomic mass is 35.5. The van der Waals surface area contributed by atoms with E-state index in [9.17, 15) is 9.59 Å². The van der Waals surface area contributed by atoms with Gasteiger partial charge in [0.05, 0.1) is 13.0 Å². The van der Waals surface area contributed by atoms with E-state index in [0.29, 0.717) is 17.2 Å². The first-order chi connectivity index (χ1) is 13.5. The number of para-hydroxylation sites is 1. The number of methoxy groups -OCH3 is 1. The van der Waals surface area contributed by atoms with Crippen molar-refractivity contribution in [1.29, 1.82) is 0 Å². The van der Waals surface area contributed by atoms with Gasteiger partial charge in [-0.1, -0.05) is 29.8 Å². The van der Waals surface area contributed by atoms with Gasteiger partial charge in [0.15, 0.2) is 6.10 Å². The minimum Gasteiger partial charge on any atom is -0.496 e. The fraction of sp³-hybridized carbons (Fsp3) is 0.333. The third kappa shape index (κ3) is 4.75. The van der Waals surface area contributed by atoms with Gasteiger partial charge in [0, 0.05) is 17.1 Å². The third-order valence-corrected chi connectivity index (χ3v) is 4.81. The van der Waals surface area contributed by atoms with Crippen molar-refractivity contribution in [3.63, 3.8) is 0 Å². The van der Waals surface area contributed by atoms with Gasteiger partial charge >= 0.3 is 5.97 Å². The first-order valence-electron chi connectivity index (χ1n) is 8.99. The molecule has 3 rings (SSSR count). The van der Waals surface area contributed by atoms with Gasteiger partial charge in [-0.05, 0) is 43.2 Å². The number of ether oxygens (including phenoxy) is 3. The summed E-state index contributed by atoms with van der Waals surface area (Å²) in [5.41, 5.74) is 1.69. The molecule has 2 atom stereocenters. The van der Waals surface area contributed by atoms with E-state index in [-0.39, 0.29) is 19.1 Å². The second-order valence-electron chi connectivity index (χ2n) is 6.57. The summed E-state index contributed by atoms with van der Waals surface area (Å²) in [6, 6.07) is 12.7. The van der Waals surface area contributed by atoms with Crippen LogP contribution in [0.25, 0.3) is 0 Å². The Morgan fingerprint density at radius 3 is 2.86 bits per heavy atom. The van der Waals surface area contributed by atoms with Crippen molar-refractivity contribution >= 4 is 23.5 Å². The number of halogens is 1. The predicted molar refractivity (Wildman–Crippen MR) is 105 cm³/mol. The molecule has 0 aromatic heterocycles. The van der Waals surface area contributed by atoms with E-state index < -0.39 is 18.0 Å². The van der Waals surface area contributed by atoms with Gasteiger partial charge in [0.25, 0.3) is 5.91 Å². The Kier molecular flexibility index (Phi) is 6.41. The number of amides is 1. The number of carbonyl (C=O) groups is 2. The largest absolute Gasteiger partial charge is 0.496 e. The minimum absolute atomic E-state index is 0.211. The molecule has 6 nitrogen and oxygen atoms in total. The number of nitrogens with one attached hydrogen (secondary N) is 1. The van der Waals surface area contributed by atoms with Crippen LogP contribution in [0.15, 0.2) is 42.5 Å². The zero-order chi connectivity index (χ0) is 20.1. The zero-order valence-electron chi connectivity index (χ0n) is 15.7. The van der Waals surface area contributed by atoms with Crippen LogP contribution in [-0.4, -0.2) is 31.7 Å². The maximum absolute atomic E-state index is 12.4. The number of hydrogen-bond donors (Lipinski definition) is 1. The van der Waals surface area contributed by atoms with Crippen LogP contribution in [0, 0.1) is 5.92 Å². The standard InChI is InChI=1S/C21H22ClNO5/c1-13(20(24)23-11-14-5-3-4-6-18(14)26-2)28-21(25)16-9-15-10-17(22)7-8-19(15)27-12-16/h3-8,10,13,16H,9,11-12H2,1-2H3,(H,23,24)/t13-,16-/m0/s1. The fourth-order valence-corrected chi connectivity index (χ4v) is 3.21. The third-order valence-electron chi connectivity index (χ3n) is 4.57. The van der Waals surface area contributed by atoms with E-state index in [1.807, 2.05) is 24.3 Å². The SMILES string of the molecule is COc1ccccc1CNC(=O)[C@H](C)OC(=O)[C@@H]1COc2ccc(Cl)cc2C1. The number of carbonyl (C=O) groups excluding carboxylic acids is 2. The number of hydrogen-bond acceptors (Lipinski definition) is 5. The van der Waals surface area contributed by atoms with E-state index >= 15 is 0 Å². The molecule has 1 aliphatic heterocycles. The molecule has 28 heavy (non-hydrogen) atoms. The summed E-state index contributed by atoms with van der Waals surface area (Å²) in [4.78, 5) is 24.7. The van der Waals surface area contributed by atoms with E-state index in [0.717, 1.165) is 16.9 Å². The van der Waals surface area contributed by atoms with Crippen LogP contribution in [0.4, 0.5) is 0 Å². The predicted octanol–water partition coefficient (Wildman–Crippen LogP) is 3.15. The Hall–Kier alpha value is -2.73. The molecular weight excluding hydrogens is 382 g/mol. The molecule has 2 aromatic carbocycles. The highest BCUT2D eigenvalue weighted by Crippen LogP contribution is 2.30. The normalized spacial score (nSPS) is 16.3. The van der Waals surface area contributed by atoms with Crippen LogP contribution < -0.4 is 14.8 Å². The fourth-order valence-electron chi connectivity index (χ4n) is 3.01. The van der Waals surface area contributed by atoms with Crippen molar-refractivity contribution in [3.05, 3.63) is 58.6 Å². The Labute approximate surface area is 168 Å². The van der Waals surface area contributed by atoms with E-state index in [1.54, 1.807) is 32.2 Å². The van der Waals surface area contributed by atoms with Crippen LogP contribution in [-0.2, 0) is 27.3 Å². The number of fused-ring (bicyclic) bond motifs is 1. The Morgan fingerprint density at radius 1 is 1.29 bits per heavy atom. The van der Waals surface area contributed by atoms with Crippen molar-refractivity contribution in [3.8, 4) is 11.5 Å². The Balaban J connectivity index is 1.53. The quantitative estimate of drug-likeness (QED) is 0.750. The van der Waals surface area contributed by atoms with E-state index in [2.05, 4.69) is 5.32 Å². The van der Waals surface area contributed by atoms with Crippen molar-refractivity contribution in [1.82, 2.24) is 5.32 Å². The van der Waals surface area contributed by atoms with Gasteiger partial charge in [-0.3, -0.25) is 9.59 Å². The van der Waals surface area contributed by atoms with Crippen molar-refractivity contribution < 1.29 is 23.8 Å². The molecule has 1 amide bonds.